The van der Waals surface area contributed by atoms with Gasteiger partial charge in [0.15, 0.2) is 5.78 Å². The van der Waals surface area contributed by atoms with Crippen LogP contribution in [0.25, 0.3) is 0 Å². The largest absolute Gasteiger partial charge is 0.295 e. The average Bonchev–Trinajstić information content (AvgIpc) is 1.84. The zero-order chi connectivity index (χ0) is 9.02. The normalized spacial score (nSPS) is 10.7. The number of Topliss-reactive ketones (excluding diaryl/α,β-unsaturated/α-hetero) is 1. The molecule has 0 amide bonds. The summed E-state index contributed by atoms with van der Waals surface area (Å²) in [4.78, 5) is 11.3. The molecule has 11 heavy (non-hydrogen) atoms. The van der Waals surface area contributed by atoms with Gasteiger partial charge in [-0.2, -0.15) is 0 Å². The first-order chi connectivity index (χ1) is 4.95. The highest BCUT2D eigenvalue weighted by atomic mass is 16.1. The monoisotopic (exact) mass is 154 g/mol. The molecular formula is C10H18O. The summed E-state index contributed by atoms with van der Waals surface area (Å²) in [6.07, 6.45) is 0.636. The summed E-state index contributed by atoms with van der Waals surface area (Å²) in [5.74, 6) is 0.953. The Morgan fingerprint density at radius 3 is 2.00 bits per heavy atom. The van der Waals surface area contributed by atoms with E-state index in [1.54, 1.807) is 0 Å². The number of carbonyl (C=O) groups excluding carboxylic acids is 1. The van der Waals surface area contributed by atoms with Gasteiger partial charge in [-0.05, 0) is 17.4 Å². The number of rotatable bonds is 4. The third-order valence-electron chi connectivity index (χ3n) is 1.65. The third-order valence-corrected chi connectivity index (χ3v) is 1.65. The molecule has 0 spiro atoms. The molecule has 0 atom stereocenters. The predicted octanol–water partition coefficient (Wildman–Crippen LogP) is 2.81. The molecule has 0 saturated carbocycles. The molecule has 0 unspecified atom stereocenters. The van der Waals surface area contributed by atoms with Gasteiger partial charge in [-0.25, -0.2) is 0 Å². The second-order valence-corrected chi connectivity index (χ2v) is 3.70. The molecule has 0 fully saturated rings. The zero-order valence-corrected chi connectivity index (χ0v) is 7.98. The van der Waals surface area contributed by atoms with Gasteiger partial charge in [-0.1, -0.05) is 34.3 Å². The van der Waals surface area contributed by atoms with Crippen molar-refractivity contribution in [3.8, 4) is 0 Å². The highest BCUT2D eigenvalue weighted by Crippen LogP contribution is 2.12. The van der Waals surface area contributed by atoms with Crippen LogP contribution in [0.5, 0.6) is 0 Å². The lowest BCUT2D eigenvalue weighted by Gasteiger charge is -2.09. The molecule has 0 aliphatic heterocycles. The standard InChI is InChI=1S/C10H18O/c1-7(2)6-10(11)9(5)8(3)4/h7-8H,5-6H2,1-4H3. The van der Waals surface area contributed by atoms with Crippen molar-refractivity contribution >= 4 is 5.78 Å². The summed E-state index contributed by atoms with van der Waals surface area (Å²) >= 11 is 0. The van der Waals surface area contributed by atoms with E-state index in [2.05, 4.69) is 6.58 Å². The van der Waals surface area contributed by atoms with E-state index in [1.165, 1.54) is 0 Å². The maximum atomic E-state index is 11.3. The molecule has 0 aromatic carbocycles. The SMILES string of the molecule is C=C(C(=O)CC(C)C)C(C)C. The summed E-state index contributed by atoms with van der Waals surface area (Å²) in [6, 6.07) is 0. The molecule has 1 heteroatoms. The van der Waals surface area contributed by atoms with Crippen LogP contribution >= 0.6 is 0 Å². The van der Waals surface area contributed by atoms with Gasteiger partial charge >= 0.3 is 0 Å². The Morgan fingerprint density at radius 2 is 1.73 bits per heavy atom. The van der Waals surface area contributed by atoms with E-state index >= 15 is 0 Å². The summed E-state index contributed by atoms with van der Waals surface area (Å²) in [7, 11) is 0. The Labute approximate surface area is 69.5 Å². The number of hydrogen-bond donors (Lipinski definition) is 0. The van der Waals surface area contributed by atoms with Gasteiger partial charge in [0, 0.05) is 6.42 Å². The fraction of sp³-hybridized carbons (Fsp3) is 0.700. The van der Waals surface area contributed by atoms with Crippen molar-refractivity contribution in [1.29, 1.82) is 0 Å². The second kappa shape index (κ2) is 4.32. The molecule has 0 aliphatic carbocycles. The highest BCUT2D eigenvalue weighted by Gasteiger charge is 2.11. The minimum Gasteiger partial charge on any atom is -0.295 e. The van der Waals surface area contributed by atoms with Crippen molar-refractivity contribution in [3.63, 3.8) is 0 Å². The topological polar surface area (TPSA) is 17.1 Å². The molecule has 0 radical (unpaired) electrons. The Morgan fingerprint density at radius 1 is 1.27 bits per heavy atom. The number of allylic oxidation sites excluding steroid dienone is 1. The summed E-state index contributed by atoms with van der Waals surface area (Å²) < 4.78 is 0. The molecule has 0 bridgehead atoms. The summed E-state index contributed by atoms with van der Waals surface area (Å²) in [5.41, 5.74) is 0.763. The van der Waals surface area contributed by atoms with Crippen molar-refractivity contribution in [2.24, 2.45) is 11.8 Å². The first-order valence-corrected chi connectivity index (χ1v) is 4.17. The fourth-order valence-electron chi connectivity index (χ4n) is 0.824. The van der Waals surface area contributed by atoms with E-state index in [0.29, 0.717) is 18.3 Å². The van der Waals surface area contributed by atoms with E-state index in [-0.39, 0.29) is 5.78 Å². The maximum absolute atomic E-state index is 11.3. The number of hydrogen-bond acceptors (Lipinski definition) is 1. The third kappa shape index (κ3) is 3.97. The van der Waals surface area contributed by atoms with Crippen molar-refractivity contribution in [2.45, 2.75) is 34.1 Å². The van der Waals surface area contributed by atoms with Crippen molar-refractivity contribution in [2.75, 3.05) is 0 Å². The predicted molar refractivity (Wildman–Crippen MR) is 48.4 cm³/mol. The van der Waals surface area contributed by atoms with Crippen LogP contribution in [-0.4, -0.2) is 5.78 Å². The number of ketones is 1. The summed E-state index contributed by atoms with van der Waals surface area (Å²) in [5, 5.41) is 0. The Hall–Kier alpha value is -0.590. The second-order valence-electron chi connectivity index (χ2n) is 3.70. The van der Waals surface area contributed by atoms with Crippen molar-refractivity contribution < 1.29 is 4.79 Å². The average molecular weight is 154 g/mol. The maximum Gasteiger partial charge on any atom is 0.158 e. The van der Waals surface area contributed by atoms with Gasteiger partial charge in [0.05, 0.1) is 0 Å². The smallest absolute Gasteiger partial charge is 0.158 e. The van der Waals surface area contributed by atoms with Crippen molar-refractivity contribution in [3.05, 3.63) is 12.2 Å². The van der Waals surface area contributed by atoms with E-state index in [4.69, 9.17) is 0 Å². The van der Waals surface area contributed by atoms with Crippen LogP contribution in [0.4, 0.5) is 0 Å². The van der Waals surface area contributed by atoms with Gasteiger partial charge in [0.25, 0.3) is 0 Å². The highest BCUT2D eigenvalue weighted by molar-refractivity contribution is 5.95. The van der Waals surface area contributed by atoms with Crippen LogP contribution in [0.3, 0.4) is 0 Å². The first-order valence-electron chi connectivity index (χ1n) is 4.17. The van der Waals surface area contributed by atoms with Gasteiger partial charge in [-0.15, -0.1) is 0 Å². The van der Waals surface area contributed by atoms with Crippen LogP contribution in [0, 0.1) is 11.8 Å². The quantitative estimate of drug-likeness (QED) is 0.569. The summed E-state index contributed by atoms with van der Waals surface area (Å²) in [6.45, 7) is 11.9. The molecule has 0 N–H and O–H groups in total. The molecular weight excluding hydrogens is 136 g/mol. The van der Waals surface area contributed by atoms with E-state index in [1.807, 2.05) is 27.7 Å². The van der Waals surface area contributed by atoms with Crippen LogP contribution in [-0.2, 0) is 4.79 Å². The van der Waals surface area contributed by atoms with Crippen LogP contribution in [0.1, 0.15) is 34.1 Å². The molecule has 0 aliphatic rings. The molecule has 0 rings (SSSR count). The molecule has 1 nitrogen and oxygen atoms in total. The van der Waals surface area contributed by atoms with Gasteiger partial charge in [0.1, 0.15) is 0 Å². The number of carbonyl (C=O) groups is 1. The zero-order valence-electron chi connectivity index (χ0n) is 7.98. The van der Waals surface area contributed by atoms with Gasteiger partial charge in [0.2, 0.25) is 0 Å². The molecule has 0 saturated heterocycles. The lowest BCUT2D eigenvalue weighted by molar-refractivity contribution is -0.116. The lowest BCUT2D eigenvalue weighted by Crippen LogP contribution is -2.09. The Balaban J connectivity index is 3.94. The van der Waals surface area contributed by atoms with E-state index < -0.39 is 0 Å². The van der Waals surface area contributed by atoms with Gasteiger partial charge in [-0.3, -0.25) is 4.79 Å². The molecule has 0 heterocycles. The van der Waals surface area contributed by atoms with Crippen molar-refractivity contribution in [1.82, 2.24) is 0 Å². The first kappa shape index (κ1) is 10.4. The molecule has 64 valence electrons. The minimum atomic E-state index is 0.218. The molecule has 0 aromatic heterocycles. The fourth-order valence-corrected chi connectivity index (χ4v) is 0.824. The Bertz CT molecular complexity index is 154. The van der Waals surface area contributed by atoms with E-state index in [0.717, 1.165) is 5.57 Å². The lowest BCUT2D eigenvalue weighted by atomic mass is 9.95. The van der Waals surface area contributed by atoms with Crippen LogP contribution < -0.4 is 0 Å². The Kier molecular flexibility index (Phi) is 4.09. The minimum absolute atomic E-state index is 0.218. The molecule has 0 aromatic rings. The van der Waals surface area contributed by atoms with E-state index in [9.17, 15) is 4.79 Å². The van der Waals surface area contributed by atoms with Crippen LogP contribution in [0.15, 0.2) is 12.2 Å². The van der Waals surface area contributed by atoms with Gasteiger partial charge < -0.3 is 0 Å². The van der Waals surface area contributed by atoms with Crippen LogP contribution in [0.2, 0.25) is 0 Å².